The molecule has 0 amide bonds. The van der Waals surface area contributed by atoms with Crippen molar-refractivity contribution in [3.63, 3.8) is 0 Å². The molecule has 2 unspecified atom stereocenters. The highest BCUT2D eigenvalue weighted by Gasteiger charge is 2.47. The minimum absolute atomic E-state index is 0.0743. The topological polar surface area (TPSA) is 47.9 Å². The van der Waals surface area contributed by atoms with Gasteiger partial charge in [-0.1, -0.05) is 6.08 Å². The predicted molar refractivity (Wildman–Crippen MR) is 63.2 cm³/mol. The molecule has 1 N–H and O–H groups in total. The minimum Gasteiger partial charge on any atom is -0.423 e. The van der Waals surface area contributed by atoms with Crippen molar-refractivity contribution >= 4 is 7.12 Å². The number of hydrogen-bond donors (Lipinski definition) is 1. The van der Waals surface area contributed by atoms with Crippen LogP contribution in [-0.4, -0.2) is 36.2 Å². The number of fused-ring (bicyclic) bond motifs is 5. The van der Waals surface area contributed by atoms with Gasteiger partial charge in [-0.2, -0.15) is 0 Å². The van der Waals surface area contributed by atoms with Crippen LogP contribution in [0.4, 0.5) is 0 Å². The molecule has 3 heterocycles. The average molecular weight is 238 g/mol. The molecule has 1 aliphatic carbocycles. The van der Waals surface area contributed by atoms with Gasteiger partial charge in [-0.05, 0) is 25.7 Å². The van der Waals surface area contributed by atoms with Gasteiger partial charge in [0.2, 0.25) is 0 Å². The predicted octanol–water partition coefficient (Wildman–Crippen LogP) is 1.43. The number of rotatable bonds is 0. The van der Waals surface area contributed by atoms with Crippen LogP contribution in [-0.2, 0) is 14.1 Å². The highest BCUT2D eigenvalue weighted by Crippen LogP contribution is 2.41. The Bertz CT molecular complexity index is 354. The monoisotopic (exact) mass is 238 g/mol. The summed E-state index contributed by atoms with van der Waals surface area (Å²) < 4.78 is 17.6. The summed E-state index contributed by atoms with van der Waals surface area (Å²) in [7, 11) is -0.778. The summed E-state index contributed by atoms with van der Waals surface area (Å²) in [5.41, 5.74) is 0.568. The summed E-state index contributed by atoms with van der Waals surface area (Å²) in [4.78, 5) is 0. The lowest BCUT2D eigenvalue weighted by Gasteiger charge is -2.36. The molecule has 17 heavy (non-hydrogen) atoms. The SMILES string of the molecule is CC1(C)CC2COC3(CC=C(CC3)B(O)O1)O2. The second-order valence-corrected chi connectivity index (χ2v) is 5.88. The molecular weight excluding hydrogens is 219 g/mol. The molecule has 0 saturated carbocycles. The third-order valence-electron chi connectivity index (χ3n) is 3.85. The third-order valence-corrected chi connectivity index (χ3v) is 3.85. The fourth-order valence-corrected chi connectivity index (χ4v) is 2.98. The van der Waals surface area contributed by atoms with E-state index in [1.807, 2.05) is 19.9 Å². The van der Waals surface area contributed by atoms with Gasteiger partial charge < -0.3 is 19.2 Å². The van der Waals surface area contributed by atoms with Gasteiger partial charge in [0, 0.05) is 19.3 Å². The maximum absolute atomic E-state index is 10.1. The van der Waals surface area contributed by atoms with Gasteiger partial charge in [0.15, 0.2) is 5.79 Å². The van der Waals surface area contributed by atoms with Crippen molar-refractivity contribution in [1.82, 2.24) is 0 Å². The lowest BCUT2D eigenvalue weighted by atomic mass is 9.70. The van der Waals surface area contributed by atoms with E-state index in [-0.39, 0.29) is 6.10 Å². The summed E-state index contributed by atoms with van der Waals surface area (Å²) in [6.45, 7) is 4.60. The smallest absolute Gasteiger partial charge is 0.423 e. The van der Waals surface area contributed by atoms with Gasteiger partial charge in [0.05, 0.1) is 18.3 Å². The van der Waals surface area contributed by atoms with Crippen LogP contribution < -0.4 is 0 Å². The summed E-state index contributed by atoms with van der Waals surface area (Å²) in [5.74, 6) is -0.429. The van der Waals surface area contributed by atoms with E-state index in [2.05, 4.69) is 0 Å². The zero-order valence-corrected chi connectivity index (χ0v) is 10.4. The fraction of sp³-hybridized carbons (Fsp3) is 0.833. The first-order valence-electron chi connectivity index (χ1n) is 6.35. The summed E-state index contributed by atoms with van der Waals surface area (Å²) in [5, 5.41) is 10.1. The van der Waals surface area contributed by atoms with E-state index >= 15 is 0 Å². The number of ether oxygens (including phenoxy) is 2. The normalized spacial score (nSPS) is 40.3. The van der Waals surface area contributed by atoms with Gasteiger partial charge in [0.25, 0.3) is 0 Å². The van der Waals surface area contributed by atoms with Crippen LogP contribution >= 0.6 is 0 Å². The maximum atomic E-state index is 10.1. The van der Waals surface area contributed by atoms with Crippen molar-refractivity contribution in [2.24, 2.45) is 0 Å². The molecule has 3 aliphatic heterocycles. The molecule has 0 radical (unpaired) electrons. The van der Waals surface area contributed by atoms with Crippen LogP contribution in [0.15, 0.2) is 11.5 Å². The molecule has 0 aromatic carbocycles. The van der Waals surface area contributed by atoms with E-state index in [4.69, 9.17) is 14.1 Å². The lowest BCUT2D eigenvalue weighted by molar-refractivity contribution is -0.177. The van der Waals surface area contributed by atoms with Gasteiger partial charge in [-0.3, -0.25) is 0 Å². The molecule has 3 bridgehead atoms. The Balaban J connectivity index is 1.91. The first kappa shape index (κ1) is 11.7. The van der Waals surface area contributed by atoms with Crippen LogP contribution in [0, 0.1) is 0 Å². The number of hydrogen-bond acceptors (Lipinski definition) is 4. The zero-order valence-electron chi connectivity index (χ0n) is 10.4. The molecule has 1 spiro atoms. The standard InChI is InChI=1S/C12H19BO4/c1-11(2)7-10-8-15-12(16-10)5-3-9(4-6-12)13(14)17-11/h3,10,14H,4-8H2,1-2H3. The number of allylic oxidation sites excluding steroid dienone is 1. The van der Waals surface area contributed by atoms with Crippen molar-refractivity contribution in [2.45, 2.75) is 57.0 Å². The first-order valence-corrected chi connectivity index (χ1v) is 6.35. The van der Waals surface area contributed by atoms with Crippen molar-refractivity contribution in [3.05, 3.63) is 11.5 Å². The second kappa shape index (κ2) is 3.82. The largest absolute Gasteiger partial charge is 0.486 e. The molecule has 0 aromatic heterocycles. The van der Waals surface area contributed by atoms with E-state index in [0.717, 1.165) is 31.2 Å². The van der Waals surface area contributed by atoms with Crippen LogP contribution in [0.1, 0.15) is 39.5 Å². The van der Waals surface area contributed by atoms with E-state index in [9.17, 15) is 5.02 Å². The highest BCUT2D eigenvalue weighted by atomic mass is 16.7. The highest BCUT2D eigenvalue weighted by molar-refractivity contribution is 6.52. The van der Waals surface area contributed by atoms with Crippen molar-refractivity contribution in [2.75, 3.05) is 6.61 Å². The van der Waals surface area contributed by atoms with Gasteiger partial charge in [-0.15, -0.1) is 0 Å². The Hall–Kier alpha value is -0.355. The van der Waals surface area contributed by atoms with E-state index in [1.54, 1.807) is 0 Å². The van der Waals surface area contributed by atoms with E-state index in [0.29, 0.717) is 6.61 Å². The average Bonchev–Trinajstić information content (AvgIpc) is 2.59. The maximum Gasteiger partial charge on any atom is 0.486 e. The van der Waals surface area contributed by atoms with Gasteiger partial charge >= 0.3 is 7.12 Å². The molecule has 2 saturated heterocycles. The summed E-state index contributed by atoms with van der Waals surface area (Å²) >= 11 is 0. The van der Waals surface area contributed by atoms with Crippen LogP contribution in [0.3, 0.4) is 0 Å². The molecule has 2 fully saturated rings. The molecule has 4 aliphatic rings. The molecule has 4 rings (SSSR count). The van der Waals surface area contributed by atoms with Crippen LogP contribution in [0.2, 0.25) is 0 Å². The fourth-order valence-electron chi connectivity index (χ4n) is 2.98. The van der Waals surface area contributed by atoms with Crippen molar-refractivity contribution in [1.29, 1.82) is 0 Å². The van der Waals surface area contributed by atoms with Gasteiger partial charge in [-0.25, -0.2) is 0 Å². The van der Waals surface area contributed by atoms with Crippen molar-refractivity contribution < 1.29 is 19.2 Å². The molecule has 2 atom stereocenters. The van der Waals surface area contributed by atoms with E-state index < -0.39 is 18.5 Å². The molecule has 0 aromatic rings. The second-order valence-electron chi connectivity index (χ2n) is 5.88. The quantitative estimate of drug-likeness (QED) is 0.648. The molecule has 94 valence electrons. The Morgan fingerprint density at radius 1 is 1.47 bits per heavy atom. The zero-order chi connectivity index (χ0) is 12.1. The van der Waals surface area contributed by atoms with E-state index in [1.165, 1.54) is 0 Å². The molecule has 5 heteroatoms. The Labute approximate surface area is 102 Å². The Morgan fingerprint density at radius 3 is 3.00 bits per heavy atom. The molecular formula is C12H19BO4. The minimum atomic E-state index is -0.778. The Morgan fingerprint density at radius 2 is 2.29 bits per heavy atom. The van der Waals surface area contributed by atoms with Crippen molar-refractivity contribution in [3.8, 4) is 0 Å². The Kier molecular flexibility index (Phi) is 2.63. The molecule has 4 nitrogen and oxygen atoms in total. The lowest BCUT2D eigenvalue weighted by Crippen LogP contribution is -2.43. The third kappa shape index (κ3) is 2.17. The summed E-state index contributed by atoms with van der Waals surface area (Å²) in [6.07, 6.45) is 5.15. The van der Waals surface area contributed by atoms with Crippen LogP contribution in [0.5, 0.6) is 0 Å². The van der Waals surface area contributed by atoms with Gasteiger partial charge in [0.1, 0.15) is 0 Å². The van der Waals surface area contributed by atoms with Crippen LogP contribution in [0.25, 0.3) is 0 Å². The first-order chi connectivity index (χ1) is 7.98. The summed E-state index contributed by atoms with van der Waals surface area (Å²) in [6, 6.07) is 0.